The zero-order valence-electron chi connectivity index (χ0n) is 11.2. The quantitative estimate of drug-likeness (QED) is 0.648. The number of hydrogen-bond donors (Lipinski definition) is 2. The molecule has 0 aliphatic rings. The van der Waals surface area contributed by atoms with Crippen LogP contribution in [0.4, 0.5) is 0 Å². The minimum absolute atomic E-state index is 0.0118. The monoisotopic (exact) mass is 253 g/mol. The Morgan fingerprint density at radius 2 is 1.83 bits per heavy atom. The number of aliphatic hydroxyl groups excluding tert-OH is 1. The maximum absolute atomic E-state index is 9.66. The molecule has 0 saturated carbocycles. The Hall–Kier alpha value is -0.940. The molecular formula is C14H23NO3. The molecule has 1 aromatic carbocycles. The molecule has 0 saturated heterocycles. The van der Waals surface area contributed by atoms with Crippen molar-refractivity contribution in [3.8, 4) is 0 Å². The van der Waals surface area contributed by atoms with Crippen molar-refractivity contribution in [2.75, 3.05) is 40.1 Å². The molecule has 0 radical (unpaired) electrons. The van der Waals surface area contributed by atoms with Gasteiger partial charge in [-0.2, -0.15) is 0 Å². The third kappa shape index (κ3) is 4.07. The number of aliphatic hydroxyl groups is 1. The fourth-order valence-electron chi connectivity index (χ4n) is 1.78. The second kappa shape index (κ2) is 8.21. The van der Waals surface area contributed by atoms with Gasteiger partial charge in [-0.1, -0.05) is 30.3 Å². The van der Waals surface area contributed by atoms with Gasteiger partial charge in [0.15, 0.2) is 0 Å². The summed E-state index contributed by atoms with van der Waals surface area (Å²) in [6.45, 7) is 4.16. The molecule has 4 nitrogen and oxygen atoms in total. The van der Waals surface area contributed by atoms with Crippen LogP contribution in [-0.4, -0.2) is 45.2 Å². The standard InChI is InChI=1S/C14H23NO3/c1-3-17-9-10-18-12-14(11-16,15-2)13-7-5-4-6-8-13/h4-8,15-16H,3,9-12H2,1-2H3. The number of ether oxygens (including phenoxy) is 2. The van der Waals surface area contributed by atoms with E-state index in [4.69, 9.17) is 9.47 Å². The molecule has 0 bridgehead atoms. The lowest BCUT2D eigenvalue weighted by atomic mass is 9.92. The van der Waals surface area contributed by atoms with E-state index in [-0.39, 0.29) is 6.61 Å². The number of likely N-dealkylation sites (N-methyl/N-ethyl adjacent to an activating group) is 1. The van der Waals surface area contributed by atoms with Crippen molar-refractivity contribution in [1.82, 2.24) is 5.32 Å². The lowest BCUT2D eigenvalue weighted by Crippen LogP contribution is -2.47. The molecule has 2 N–H and O–H groups in total. The molecule has 1 atom stereocenters. The van der Waals surface area contributed by atoms with Gasteiger partial charge in [-0.3, -0.25) is 0 Å². The highest BCUT2D eigenvalue weighted by Gasteiger charge is 2.29. The van der Waals surface area contributed by atoms with Gasteiger partial charge in [0.1, 0.15) is 0 Å². The summed E-state index contributed by atoms with van der Waals surface area (Å²) in [6, 6.07) is 9.84. The Balaban J connectivity index is 2.58. The van der Waals surface area contributed by atoms with E-state index in [9.17, 15) is 5.11 Å². The molecule has 1 rings (SSSR count). The average Bonchev–Trinajstić information content (AvgIpc) is 2.44. The summed E-state index contributed by atoms with van der Waals surface area (Å²) >= 11 is 0. The average molecular weight is 253 g/mol. The number of benzene rings is 1. The van der Waals surface area contributed by atoms with Gasteiger partial charge in [0.05, 0.1) is 32.0 Å². The van der Waals surface area contributed by atoms with Crippen molar-refractivity contribution in [2.45, 2.75) is 12.5 Å². The lowest BCUT2D eigenvalue weighted by molar-refractivity contribution is 0.00600. The Kier molecular flexibility index (Phi) is 6.90. The molecule has 0 aliphatic carbocycles. The van der Waals surface area contributed by atoms with Crippen LogP contribution in [0.3, 0.4) is 0 Å². The maximum atomic E-state index is 9.66. The predicted octanol–water partition coefficient (Wildman–Crippen LogP) is 1.15. The first-order valence-corrected chi connectivity index (χ1v) is 6.30. The van der Waals surface area contributed by atoms with Crippen LogP contribution < -0.4 is 5.32 Å². The molecule has 1 aromatic rings. The molecule has 0 aliphatic heterocycles. The summed E-state index contributed by atoms with van der Waals surface area (Å²) in [5, 5.41) is 12.8. The normalized spacial score (nSPS) is 14.4. The van der Waals surface area contributed by atoms with Crippen LogP contribution >= 0.6 is 0 Å². The van der Waals surface area contributed by atoms with Gasteiger partial charge in [0.2, 0.25) is 0 Å². The first-order chi connectivity index (χ1) is 8.79. The van der Waals surface area contributed by atoms with Crippen LogP contribution in [-0.2, 0) is 15.0 Å². The SMILES string of the molecule is CCOCCOCC(CO)(NC)c1ccccc1. The number of hydrogen-bond acceptors (Lipinski definition) is 4. The van der Waals surface area contributed by atoms with Crippen molar-refractivity contribution in [2.24, 2.45) is 0 Å². The van der Waals surface area contributed by atoms with Crippen molar-refractivity contribution in [3.05, 3.63) is 35.9 Å². The van der Waals surface area contributed by atoms with E-state index < -0.39 is 5.54 Å². The van der Waals surface area contributed by atoms with Crippen LogP contribution in [0.15, 0.2) is 30.3 Å². The molecule has 0 amide bonds. The van der Waals surface area contributed by atoms with E-state index in [0.717, 1.165) is 5.56 Å². The summed E-state index contributed by atoms with van der Waals surface area (Å²) < 4.78 is 10.8. The summed E-state index contributed by atoms with van der Waals surface area (Å²) in [5.41, 5.74) is 0.472. The minimum atomic E-state index is -0.548. The van der Waals surface area contributed by atoms with Crippen LogP contribution in [0.5, 0.6) is 0 Å². The van der Waals surface area contributed by atoms with Gasteiger partial charge in [-0.15, -0.1) is 0 Å². The van der Waals surface area contributed by atoms with Gasteiger partial charge in [0, 0.05) is 6.61 Å². The molecular weight excluding hydrogens is 230 g/mol. The molecule has 0 heterocycles. The highest BCUT2D eigenvalue weighted by molar-refractivity contribution is 5.24. The molecule has 0 spiro atoms. The van der Waals surface area contributed by atoms with E-state index in [2.05, 4.69) is 5.32 Å². The van der Waals surface area contributed by atoms with Gasteiger partial charge in [-0.05, 0) is 19.5 Å². The number of rotatable bonds is 9. The molecule has 0 aromatic heterocycles. The Morgan fingerprint density at radius 1 is 1.17 bits per heavy atom. The van der Waals surface area contributed by atoms with Crippen molar-refractivity contribution in [1.29, 1.82) is 0 Å². The van der Waals surface area contributed by atoms with Crippen LogP contribution in [0, 0.1) is 0 Å². The van der Waals surface area contributed by atoms with Gasteiger partial charge >= 0.3 is 0 Å². The van der Waals surface area contributed by atoms with Gasteiger partial charge < -0.3 is 19.9 Å². The van der Waals surface area contributed by atoms with Crippen LogP contribution in [0.1, 0.15) is 12.5 Å². The first-order valence-electron chi connectivity index (χ1n) is 6.30. The zero-order chi connectivity index (χ0) is 13.3. The highest BCUT2D eigenvalue weighted by atomic mass is 16.5. The Labute approximate surface area is 109 Å². The van der Waals surface area contributed by atoms with Gasteiger partial charge in [0.25, 0.3) is 0 Å². The van der Waals surface area contributed by atoms with Crippen molar-refractivity contribution < 1.29 is 14.6 Å². The second-order valence-corrected chi connectivity index (χ2v) is 4.11. The molecule has 102 valence electrons. The fourth-order valence-corrected chi connectivity index (χ4v) is 1.78. The van der Waals surface area contributed by atoms with E-state index in [1.807, 2.05) is 44.3 Å². The lowest BCUT2D eigenvalue weighted by Gasteiger charge is -2.32. The molecule has 1 unspecified atom stereocenters. The summed E-state index contributed by atoms with van der Waals surface area (Å²) in [5.74, 6) is 0. The largest absolute Gasteiger partial charge is 0.394 e. The van der Waals surface area contributed by atoms with E-state index in [1.54, 1.807) is 0 Å². The van der Waals surface area contributed by atoms with E-state index in [1.165, 1.54) is 0 Å². The third-order valence-corrected chi connectivity index (χ3v) is 3.00. The zero-order valence-corrected chi connectivity index (χ0v) is 11.2. The predicted molar refractivity (Wildman–Crippen MR) is 71.6 cm³/mol. The van der Waals surface area contributed by atoms with E-state index in [0.29, 0.717) is 26.4 Å². The Morgan fingerprint density at radius 3 is 2.39 bits per heavy atom. The smallest absolute Gasteiger partial charge is 0.0903 e. The highest BCUT2D eigenvalue weighted by Crippen LogP contribution is 2.20. The Bertz CT molecular complexity index is 312. The van der Waals surface area contributed by atoms with Crippen LogP contribution in [0.2, 0.25) is 0 Å². The molecule has 0 fully saturated rings. The fraction of sp³-hybridized carbons (Fsp3) is 0.571. The first kappa shape index (κ1) is 15.1. The number of nitrogens with one attached hydrogen (secondary N) is 1. The van der Waals surface area contributed by atoms with Gasteiger partial charge in [-0.25, -0.2) is 0 Å². The minimum Gasteiger partial charge on any atom is -0.394 e. The van der Waals surface area contributed by atoms with Crippen molar-refractivity contribution in [3.63, 3.8) is 0 Å². The maximum Gasteiger partial charge on any atom is 0.0903 e. The summed E-state index contributed by atoms with van der Waals surface area (Å²) in [4.78, 5) is 0. The topological polar surface area (TPSA) is 50.7 Å². The summed E-state index contributed by atoms with van der Waals surface area (Å²) in [7, 11) is 1.83. The summed E-state index contributed by atoms with van der Waals surface area (Å²) in [6.07, 6.45) is 0. The molecule has 4 heteroatoms. The second-order valence-electron chi connectivity index (χ2n) is 4.11. The van der Waals surface area contributed by atoms with Crippen LogP contribution in [0.25, 0.3) is 0 Å². The molecule has 18 heavy (non-hydrogen) atoms. The third-order valence-electron chi connectivity index (χ3n) is 3.00. The van der Waals surface area contributed by atoms with Crippen molar-refractivity contribution >= 4 is 0 Å². The van der Waals surface area contributed by atoms with E-state index >= 15 is 0 Å².